The molecule has 0 aliphatic carbocycles. The van der Waals surface area contributed by atoms with Crippen LogP contribution in [0.15, 0.2) is 0 Å². The smallest absolute Gasteiger partial charge is 0.0701 e. The van der Waals surface area contributed by atoms with Gasteiger partial charge in [0.2, 0.25) is 0 Å². The van der Waals surface area contributed by atoms with Gasteiger partial charge < -0.3 is 28.6 Å². The number of hydrogen-bond acceptors (Lipinski definition) is 6. The number of nitrogens with zero attached hydrogens (tertiary/aromatic N) is 1. The summed E-state index contributed by atoms with van der Waals surface area (Å²) in [5.74, 6) is 0. The van der Waals surface area contributed by atoms with E-state index in [1.165, 1.54) is 32.1 Å². The van der Waals surface area contributed by atoms with Crippen LogP contribution in [0.3, 0.4) is 0 Å². The molecule has 0 bridgehead atoms. The van der Waals surface area contributed by atoms with Crippen molar-refractivity contribution in [3.8, 4) is 0 Å². The van der Waals surface area contributed by atoms with Crippen LogP contribution in [0, 0.1) is 0 Å². The summed E-state index contributed by atoms with van der Waals surface area (Å²) in [6.45, 7) is 9.72. The molecule has 0 radical (unpaired) electrons. The molecule has 0 aliphatic heterocycles. The molecule has 0 N–H and O–H groups in total. The molecule has 0 amide bonds. The number of unbranched alkanes of at least 4 members (excludes halogenated alkanes) is 5. The Hall–Kier alpha value is -0.240. The third-order valence-corrected chi connectivity index (χ3v) is 3.81. The lowest BCUT2D eigenvalue weighted by molar-refractivity contribution is -0.0118. The van der Waals surface area contributed by atoms with Gasteiger partial charge in [-0.25, -0.2) is 0 Å². The highest BCUT2D eigenvalue weighted by Crippen LogP contribution is 2.04. The monoisotopic (exact) mass is 377 g/mol. The molecule has 0 unspecified atom stereocenters. The average molecular weight is 378 g/mol. The first-order valence-electron chi connectivity index (χ1n) is 10.3. The van der Waals surface area contributed by atoms with Gasteiger partial charge >= 0.3 is 0 Å². The number of rotatable bonds is 22. The molecule has 158 valence electrons. The Morgan fingerprint density at radius 2 is 0.846 bits per heavy atom. The molecular formula is C20H43NO5. The summed E-state index contributed by atoms with van der Waals surface area (Å²) in [7, 11) is 4.06. The average Bonchev–Trinajstić information content (AvgIpc) is 2.62. The van der Waals surface area contributed by atoms with Crippen LogP contribution in [0.5, 0.6) is 0 Å². The van der Waals surface area contributed by atoms with E-state index in [2.05, 4.69) is 11.8 Å². The zero-order valence-electron chi connectivity index (χ0n) is 17.5. The molecular weight excluding hydrogens is 334 g/mol. The molecule has 6 nitrogen and oxygen atoms in total. The minimum Gasteiger partial charge on any atom is -0.379 e. The molecule has 0 atom stereocenters. The van der Waals surface area contributed by atoms with Crippen LogP contribution in [-0.2, 0) is 23.7 Å². The van der Waals surface area contributed by atoms with E-state index in [4.69, 9.17) is 23.7 Å². The van der Waals surface area contributed by atoms with Crippen LogP contribution in [-0.4, -0.2) is 91.6 Å². The first kappa shape index (κ1) is 25.8. The standard InChI is InChI=1S/C20H43NO5/c1-4-5-6-7-8-9-11-22-13-15-24-17-19-26-20-18-25-16-14-23-12-10-21(2)3/h4-20H2,1-3H3. The van der Waals surface area contributed by atoms with Crippen molar-refractivity contribution in [2.45, 2.75) is 45.4 Å². The summed E-state index contributed by atoms with van der Waals surface area (Å²) in [6, 6.07) is 0. The number of likely N-dealkylation sites (N-methyl/N-ethyl adjacent to an activating group) is 1. The largest absolute Gasteiger partial charge is 0.379 e. The Morgan fingerprint density at radius 3 is 1.31 bits per heavy atom. The summed E-state index contributed by atoms with van der Waals surface area (Å²) >= 11 is 0. The minimum absolute atomic E-state index is 0.593. The molecule has 26 heavy (non-hydrogen) atoms. The van der Waals surface area contributed by atoms with Gasteiger partial charge in [-0.05, 0) is 20.5 Å². The zero-order valence-corrected chi connectivity index (χ0v) is 17.5. The summed E-state index contributed by atoms with van der Waals surface area (Å²) in [4.78, 5) is 2.10. The second-order valence-corrected chi connectivity index (χ2v) is 6.63. The molecule has 0 spiro atoms. The molecule has 0 saturated carbocycles. The van der Waals surface area contributed by atoms with Gasteiger partial charge in [0.15, 0.2) is 0 Å². The van der Waals surface area contributed by atoms with Crippen molar-refractivity contribution >= 4 is 0 Å². The van der Waals surface area contributed by atoms with E-state index >= 15 is 0 Å². The fourth-order valence-electron chi connectivity index (χ4n) is 2.21. The van der Waals surface area contributed by atoms with Gasteiger partial charge in [-0.15, -0.1) is 0 Å². The normalized spacial score (nSPS) is 11.5. The summed E-state index contributed by atoms with van der Waals surface area (Å²) in [5, 5.41) is 0. The third kappa shape index (κ3) is 23.8. The fraction of sp³-hybridized carbons (Fsp3) is 1.00. The molecule has 0 rings (SSSR count). The maximum atomic E-state index is 5.55. The minimum atomic E-state index is 0.593. The summed E-state index contributed by atoms with van der Waals surface area (Å²) < 4.78 is 27.3. The molecule has 0 saturated heterocycles. The summed E-state index contributed by atoms with van der Waals surface area (Å²) in [6.07, 6.45) is 7.78. The molecule has 0 fully saturated rings. The molecule has 6 heteroatoms. The van der Waals surface area contributed by atoms with Gasteiger partial charge in [-0.3, -0.25) is 0 Å². The van der Waals surface area contributed by atoms with E-state index in [0.717, 1.165) is 26.2 Å². The predicted octanol–water partition coefficient (Wildman–Crippen LogP) is 2.99. The van der Waals surface area contributed by atoms with Crippen molar-refractivity contribution < 1.29 is 23.7 Å². The first-order chi connectivity index (χ1) is 12.8. The highest BCUT2D eigenvalue weighted by Gasteiger charge is 1.95. The molecule has 0 aromatic carbocycles. The molecule has 0 aliphatic rings. The Labute approximate surface area is 161 Å². The van der Waals surface area contributed by atoms with Crippen LogP contribution >= 0.6 is 0 Å². The van der Waals surface area contributed by atoms with Crippen LogP contribution in [0.4, 0.5) is 0 Å². The lowest BCUT2D eigenvalue weighted by Crippen LogP contribution is -2.19. The van der Waals surface area contributed by atoms with Crippen molar-refractivity contribution in [3.63, 3.8) is 0 Å². The first-order valence-corrected chi connectivity index (χ1v) is 10.3. The van der Waals surface area contributed by atoms with Gasteiger partial charge in [0.05, 0.1) is 59.5 Å². The van der Waals surface area contributed by atoms with Crippen molar-refractivity contribution in [2.24, 2.45) is 0 Å². The van der Waals surface area contributed by atoms with Crippen molar-refractivity contribution in [1.82, 2.24) is 4.90 Å². The van der Waals surface area contributed by atoms with Crippen LogP contribution < -0.4 is 0 Å². The Bertz CT molecular complexity index is 254. The highest BCUT2D eigenvalue weighted by molar-refractivity contribution is 4.44. The van der Waals surface area contributed by atoms with Crippen LogP contribution in [0.2, 0.25) is 0 Å². The van der Waals surface area contributed by atoms with Crippen molar-refractivity contribution in [1.29, 1.82) is 0 Å². The Balaban J connectivity index is 2.97. The molecule has 0 aromatic heterocycles. The zero-order chi connectivity index (χ0) is 19.1. The third-order valence-electron chi connectivity index (χ3n) is 3.81. The quantitative estimate of drug-likeness (QED) is 0.270. The number of hydrogen-bond donors (Lipinski definition) is 0. The summed E-state index contributed by atoms with van der Waals surface area (Å²) in [5.41, 5.74) is 0. The van der Waals surface area contributed by atoms with Gasteiger partial charge in [0.25, 0.3) is 0 Å². The van der Waals surface area contributed by atoms with E-state index in [-0.39, 0.29) is 0 Å². The Kier molecular flexibility index (Phi) is 22.6. The lowest BCUT2D eigenvalue weighted by atomic mass is 10.1. The highest BCUT2D eigenvalue weighted by atomic mass is 16.6. The van der Waals surface area contributed by atoms with E-state index in [9.17, 15) is 0 Å². The predicted molar refractivity (Wildman–Crippen MR) is 106 cm³/mol. The maximum absolute atomic E-state index is 5.55. The molecule has 0 aromatic rings. The second kappa shape index (κ2) is 22.8. The molecule has 0 heterocycles. The van der Waals surface area contributed by atoms with Crippen molar-refractivity contribution in [3.05, 3.63) is 0 Å². The van der Waals surface area contributed by atoms with Crippen LogP contribution in [0.1, 0.15) is 45.4 Å². The van der Waals surface area contributed by atoms with Crippen LogP contribution in [0.25, 0.3) is 0 Å². The number of ether oxygens (including phenoxy) is 5. The second-order valence-electron chi connectivity index (χ2n) is 6.63. The van der Waals surface area contributed by atoms with E-state index in [0.29, 0.717) is 52.9 Å². The lowest BCUT2D eigenvalue weighted by Gasteiger charge is -2.10. The van der Waals surface area contributed by atoms with Crippen molar-refractivity contribution in [2.75, 3.05) is 86.7 Å². The topological polar surface area (TPSA) is 49.4 Å². The maximum Gasteiger partial charge on any atom is 0.0701 e. The van der Waals surface area contributed by atoms with E-state index < -0.39 is 0 Å². The SMILES string of the molecule is CCCCCCCCOCCOCCOCCOCCOCCN(C)C. The van der Waals surface area contributed by atoms with E-state index in [1.54, 1.807) is 0 Å². The van der Waals surface area contributed by atoms with Gasteiger partial charge in [0.1, 0.15) is 0 Å². The van der Waals surface area contributed by atoms with Gasteiger partial charge in [-0.1, -0.05) is 39.0 Å². The Morgan fingerprint density at radius 1 is 0.462 bits per heavy atom. The fourth-order valence-corrected chi connectivity index (χ4v) is 2.21. The van der Waals surface area contributed by atoms with Gasteiger partial charge in [0, 0.05) is 13.2 Å². The van der Waals surface area contributed by atoms with E-state index in [1.807, 2.05) is 14.1 Å². The van der Waals surface area contributed by atoms with Gasteiger partial charge in [-0.2, -0.15) is 0 Å².